The number of Topliss-reactive ketones (excluding diaryl/α,β-unsaturated/α-hetero) is 1. The van der Waals surface area contributed by atoms with E-state index in [9.17, 15) is 20.0 Å². The van der Waals surface area contributed by atoms with E-state index < -0.39 is 16.4 Å². The number of ether oxygens (including phenoxy) is 1. The van der Waals surface area contributed by atoms with Gasteiger partial charge in [-0.15, -0.1) is 0 Å². The van der Waals surface area contributed by atoms with E-state index in [1.54, 1.807) is 6.07 Å². The standard InChI is InChI=1S/C23H27Cl2N3O5/c1-14(22(29)16-12-19(28(31)32)23(30)20(13-16)33-3)11-15(2)26-7-9-27(10-8-26)18-6-4-5-17(24)21(18)25/h4-6,12-15,30H,7-11H2,1-3H3. The summed E-state index contributed by atoms with van der Waals surface area (Å²) in [5.41, 5.74) is 0.521. The number of nitro benzene ring substituents is 1. The number of nitro groups is 1. The number of carbonyl (C=O) groups is 1. The number of phenols is 1. The second kappa shape index (κ2) is 10.6. The third kappa shape index (κ3) is 5.51. The van der Waals surface area contributed by atoms with E-state index in [2.05, 4.69) is 16.7 Å². The number of ketones is 1. The van der Waals surface area contributed by atoms with Crippen molar-refractivity contribution in [2.45, 2.75) is 26.3 Å². The summed E-state index contributed by atoms with van der Waals surface area (Å²) in [6.07, 6.45) is 0.591. The summed E-state index contributed by atoms with van der Waals surface area (Å²) in [5.74, 6) is -1.27. The Labute approximate surface area is 202 Å². The molecule has 0 aromatic heterocycles. The Morgan fingerprint density at radius 3 is 2.48 bits per heavy atom. The number of hydrogen-bond donors (Lipinski definition) is 1. The molecule has 178 valence electrons. The van der Waals surface area contributed by atoms with Crippen LogP contribution < -0.4 is 9.64 Å². The number of phenolic OH excluding ortho intramolecular Hbond substituents is 1. The Balaban J connectivity index is 1.63. The fourth-order valence-electron chi connectivity index (χ4n) is 4.22. The Hall–Kier alpha value is -2.55. The lowest BCUT2D eigenvalue weighted by Crippen LogP contribution is -2.50. The van der Waals surface area contributed by atoms with Crippen LogP contribution in [-0.2, 0) is 0 Å². The maximum absolute atomic E-state index is 13.0. The first kappa shape index (κ1) is 25.1. The average Bonchev–Trinajstić information content (AvgIpc) is 2.80. The normalized spacial score (nSPS) is 16.3. The van der Waals surface area contributed by atoms with E-state index in [1.807, 2.05) is 19.1 Å². The van der Waals surface area contributed by atoms with Crippen LogP contribution in [0.1, 0.15) is 30.6 Å². The van der Waals surface area contributed by atoms with Gasteiger partial charge in [0.1, 0.15) is 0 Å². The zero-order valence-corrected chi connectivity index (χ0v) is 20.3. The van der Waals surface area contributed by atoms with Crippen LogP contribution in [0, 0.1) is 16.0 Å². The highest BCUT2D eigenvalue weighted by Crippen LogP contribution is 2.38. The zero-order valence-electron chi connectivity index (χ0n) is 18.8. The summed E-state index contributed by atoms with van der Waals surface area (Å²) < 4.78 is 5.01. The molecule has 0 saturated carbocycles. The molecular formula is C23H27Cl2N3O5. The molecule has 3 rings (SSSR count). The van der Waals surface area contributed by atoms with Crippen molar-refractivity contribution < 1.29 is 19.6 Å². The summed E-state index contributed by atoms with van der Waals surface area (Å²) in [7, 11) is 1.29. The van der Waals surface area contributed by atoms with Gasteiger partial charge in [-0.3, -0.25) is 19.8 Å². The molecule has 33 heavy (non-hydrogen) atoms. The Morgan fingerprint density at radius 2 is 1.88 bits per heavy atom. The second-order valence-corrected chi connectivity index (χ2v) is 9.03. The maximum Gasteiger partial charge on any atom is 0.315 e. The molecule has 1 heterocycles. The molecule has 2 atom stereocenters. The van der Waals surface area contributed by atoms with Crippen LogP contribution in [0.4, 0.5) is 11.4 Å². The van der Waals surface area contributed by atoms with Crippen LogP contribution in [0.5, 0.6) is 11.5 Å². The molecule has 1 saturated heterocycles. The molecule has 2 unspecified atom stereocenters. The molecule has 2 aromatic rings. The summed E-state index contributed by atoms with van der Waals surface area (Å²) >= 11 is 12.5. The van der Waals surface area contributed by atoms with Crippen molar-refractivity contribution >= 4 is 40.4 Å². The summed E-state index contributed by atoms with van der Waals surface area (Å²) in [6, 6.07) is 8.19. The lowest BCUT2D eigenvalue weighted by atomic mass is 9.92. The predicted molar refractivity (Wildman–Crippen MR) is 129 cm³/mol. The van der Waals surface area contributed by atoms with Crippen molar-refractivity contribution in [3.8, 4) is 11.5 Å². The van der Waals surface area contributed by atoms with E-state index in [-0.39, 0.29) is 29.1 Å². The molecule has 10 heteroatoms. The van der Waals surface area contributed by atoms with Crippen molar-refractivity contribution in [3.05, 3.63) is 56.1 Å². The van der Waals surface area contributed by atoms with Crippen LogP contribution in [0.3, 0.4) is 0 Å². The molecule has 1 N–H and O–H groups in total. The van der Waals surface area contributed by atoms with Gasteiger partial charge in [-0.25, -0.2) is 0 Å². The SMILES string of the molecule is COc1cc(C(=O)C(C)CC(C)N2CCN(c3cccc(Cl)c3Cl)CC2)cc([N+](=O)[O-])c1O. The van der Waals surface area contributed by atoms with Crippen molar-refractivity contribution in [2.24, 2.45) is 5.92 Å². The molecule has 8 nitrogen and oxygen atoms in total. The largest absolute Gasteiger partial charge is 0.500 e. The lowest BCUT2D eigenvalue weighted by Gasteiger charge is -2.40. The predicted octanol–water partition coefficient (Wildman–Crippen LogP) is 5.04. The second-order valence-electron chi connectivity index (χ2n) is 8.25. The topological polar surface area (TPSA) is 96.2 Å². The first-order valence-electron chi connectivity index (χ1n) is 10.7. The van der Waals surface area contributed by atoms with Gasteiger partial charge in [-0.2, -0.15) is 0 Å². The molecule has 2 aromatic carbocycles. The fraction of sp³-hybridized carbons (Fsp3) is 0.435. The van der Waals surface area contributed by atoms with E-state index in [1.165, 1.54) is 13.2 Å². The molecule has 1 aliphatic rings. The van der Waals surface area contributed by atoms with Gasteiger partial charge in [0.2, 0.25) is 5.75 Å². The van der Waals surface area contributed by atoms with Gasteiger partial charge in [0.15, 0.2) is 11.5 Å². The number of aromatic hydroxyl groups is 1. The van der Waals surface area contributed by atoms with Gasteiger partial charge < -0.3 is 14.7 Å². The number of rotatable bonds is 8. The third-order valence-corrected chi connectivity index (χ3v) is 6.92. The van der Waals surface area contributed by atoms with E-state index >= 15 is 0 Å². The Bertz CT molecular complexity index is 1040. The van der Waals surface area contributed by atoms with E-state index in [0.717, 1.165) is 37.9 Å². The van der Waals surface area contributed by atoms with Crippen molar-refractivity contribution in [3.63, 3.8) is 0 Å². The van der Waals surface area contributed by atoms with Crippen molar-refractivity contribution in [1.82, 2.24) is 4.90 Å². The molecule has 0 radical (unpaired) electrons. The summed E-state index contributed by atoms with van der Waals surface area (Å²) in [5, 5.41) is 22.3. The van der Waals surface area contributed by atoms with Gasteiger partial charge in [0, 0.05) is 49.8 Å². The number of hydrogen-bond acceptors (Lipinski definition) is 7. The van der Waals surface area contributed by atoms with Gasteiger partial charge in [0.05, 0.1) is 27.8 Å². The van der Waals surface area contributed by atoms with E-state index in [0.29, 0.717) is 16.5 Å². The van der Waals surface area contributed by atoms with Gasteiger partial charge in [-0.05, 0) is 31.5 Å². The average molecular weight is 496 g/mol. The third-order valence-electron chi connectivity index (χ3n) is 6.11. The summed E-state index contributed by atoms with van der Waals surface area (Å²) in [6.45, 7) is 7.08. The van der Waals surface area contributed by atoms with Gasteiger partial charge in [-0.1, -0.05) is 36.2 Å². The molecule has 0 spiro atoms. The number of nitrogens with zero attached hydrogens (tertiary/aromatic N) is 3. The molecule has 1 fully saturated rings. The first-order chi connectivity index (χ1) is 15.6. The smallest absolute Gasteiger partial charge is 0.315 e. The highest BCUT2D eigenvalue weighted by atomic mass is 35.5. The van der Waals surface area contributed by atoms with Crippen LogP contribution >= 0.6 is 23.2 Å². The molecule has 0 bridgehead atoms. The van der Waals surface area contributed by atoms with Crippen molar-refractivity contribution in [1.29, 1.82) is 0 Å². The monoisotopic (exact) mass is 495 g/mol. The zero-order chi connectivity index (χ0) is 24.3. The highest BCUT2D eigenvalue weighted by molar-refractivity contribution is 6.43. The number of piperazine rings is 1. The highest BCUT2D eigenvalue weighted by Gasteiger charge is 2.28. The maximum atomic E-state index is 13.0. The van der Waals surface area contributed by atoms with Gasteiger partial charge in [0.25, 0.3) is 0 Å². The van der Waals surface area contributed by atoms with Crippen molar-refractivity contribution in [2.75, 3.05) is 38.2 Å². The first-order valence-corrected chi connectivity index (χ1v) is 11.4. The van der Waals surface area contributed by atoms with Crippen LogP contribution in [0.25, 0.3) is 0 Å². The van der Waals surface area contributed by atoms with Crippen LogP contribution in [0.2, 0.25) is 10.0 Å². The lowest BCUT2D eigenvalue weighted by molar-refractivity contribution is -0.386. The minimum absolute atomic E-state index is 0.0939. The number of carbonyl (C=O) groups excluding carboxylic acids is 1. The number of halogens is 2. The number of benzene rings is 2. The van der Waals surface area contributed by atoms with Gasteiger partial charge >= 0.3 is 5.69 Å². The Kier molecular flexibility index (Phi) is 8.05. The quantitative estimate of drug-likeness (QED) is 0.311. The van der Waals surface area contributed by atoms with Crippen LogP contribution in [0.15, 0.2) is 30.3 Å². The molecule has 0 amide bonds. The summed E-state index contributed by atoms with van der Waals surface area (Å²) in [4.78, 5) is 28.0. The minimum atomic E-state index is -0.729. The van der Waals surface area contributed by atoms with Crippen LogP contribution in [-0.4, -0.2) is 60.0 Å². The molecular weight excluding hydrogens is 469 g/mol. The number of methoxy groups -OCH3 is 1. The number of anilines is 1. The van der Waals surface area contributed by atoms with E-state index in [4.69, 9.17) is 27.9 Å². The fourth-order valence-corrected chi connectivity index (χ4v) is 4.64. The molecule has 0 aliphatic carbocycles. The molecule has 1 aliphatic heterocycles. The Morgan fingerprint density at radius 1 is 1.21 bits per heavy atom. The minimum Gasteiger partial charge on any atom is -0.500 e.